The number of morpholine rings is 1. The van der Waals surface area contributed by atoms with Gasteiger partial charge in [-0.15, -0.1) is 0 Å². The second-order valence-corrected chi connectivity index (χ2v) is 6.57. The zero-order chi connectivity index (χ0) is 17.8. The lowest BCUT2D eigenvalue weighted by atomic mass is 10.1. The van der Waals surface area contributed by atoms with E-state index < -0.39 is 0 Å². The molecule has 0 aliphatic carbocycles. The molecule has 6 nitrogen and oxygen atoms in total. The Morgan fingerprint density at radius 1 is 1.40 bits per heavy atom. The van der Waals surface area contributed by atoms with Crippen LogP contribution in [0.4, 0.5) is 5.82 Å². The van der Waals surface area contributed by atoms with Crippen LogP contribution in [-0.2, 0) is 4.74 Å². The van der Waals surface area contributed by atoms with E-state index in [-0.39, 0.29) is 12.1 Å². The van der Waals surface area contributed by atoms with Crippen molar-refractivity contribution in [3.63, 3.8) is 0 Å². The molecule has 1 aliphatic heterocycles. The minimum Gasteiger partial charge on any atom is -0.491 e. The predicted octanol–water partition coefficient (Wildman–Crippen LogP) is 2.87. The first-order valence-electron chi connectivity index (χ1n) is 8.67. The van der Waals surface area contributed by atoms with E-state index >= 15 is 0 Å². The molecule has 25 heavy (non-hydrogen) atoms. The molecule has 6 heteroatoms. The Balaban J connectivity index is 1.77. The van der Waals surface area contributed by atoms with E-state index in [1.165, 1.54) is 0 Å². The maximum Gasteiger partial charge on any atom is 0.154 e. The highest BCUT2D eigenvalue weighted by atomic mass is 16.5. The molecular weight excluding hydrogens is 318 g/mol. The number of aryl methyl sites for hydroxylation is 1. The highest BCUT2D eigenvalue weighted by molar-refractivity contribution is 5.81. The van der Waals surface area contributed by atoms with Crippen LogP contribution >= 0.6 is 0 Å². The SMILES string of the molecule is Cc1cccc(OC[C@@H]2COCCN2c2ccnn2C(C)C)c1C=O. The van der Waals surface area contributed by atoms with Crippen LogP contribution in [0.5, 0.6) is 5.75 Å². The fourth-order valence-corrected chi connectivity index (χ4v) is 3.14. The van der Waals surface area contributed by atoms with Crippen LogP contribution in [0.3, 0.4) is 0 Å². The Bertz CT molecular complexity index is 726. The van der Waals surface area contributed by atoms with Crippen LogP contribution in [0.1, 0.15) is 35.8 Å². The van der Waals surface area contributed by atoms with Gasteiger partial charge in [-0.3, -0.25) is 4.79 Å². The Morgan fingerprint density at radius 2 is 2.24 bits per heavy atom. The number of carbonyl (C=O) groups excluding carboxylic acids is 1. The van der Waals surface area contributed by atoms with E-state index in [0.29, 0.717) is 31.1 Å². The normalized spacial score (nSPS) is 17.8. The third-order valence-corrected chi connectivity index (χ3v) is 4.49. The van der Waals surface area contributed by atoms with Crippen molar-refractivity contribution in [3.8, 4) is 5.75 Å². The molecule has 1 fully saturated rings. The van der Waals surface area contributed by atoms with Gasteiger partial charge in [-0.25, -0.2) is 4.68 Å². The van der Waals surface area contributed by atoms with Gasteiger partial charge in [0.25, 0.3) is 0 Å². The number of aromatic nitrogens is 2. The Labute approximate surface area is 148 Å². The smallest absolute Gasteiger partial charge is 0.154 e. The summed E-state index contributed by atoms with van der Waals surface area (Å²) in [6.45, 7) is 8.66. The number of hydrogen-bond donors (Lipinski definition) is 0. The van der Waals surface area contributed by atoms with E-state index in [1.807, 2.05) is 42.1 Å². The zero-order valence-corrected chi connectivity index (χ0v) is 15.0. The van der Waals surface area contributed by atoms with E-state index in [2.05, 4.69) is 23.8 Å². The molecule has 1 aliphatic rings. The number of hydrogen-bond acceptors (Lipinski definition) is 5. The molecule has 0 radical (unpaired) electrons. The second-order valence-electron chi connectivity index (χ2n) is 6.57. The van der Waals surface area contributed by atoms with Crippen molar-refractivity contribution in [1.82, 2.24) is 9.78 Å². The number of anilines is 1. The fourth-order valence-electron chi connectivity index (χ4n) is 3.14. The summed E-state index contributed by atoms with van der Waals surface area (Å²) in [5.41, 5.74) is 1.53. The van der Waals surface area contributed by atoms with Gasteiger partial charge in [-0.05, 0) is 32.4 Å². The third kappa shape index (κ3) is 3.69. The molecule has 1 saturated heterocycles. The molecule has 134 valence electrons. The minimum atomic E-state index is 0.0722. The number of nitrogens with zero attached hydrogens (tertiary/aromatic N) is 3. The largest absolute Gasteiger partial charge is 0.491 e. The van der Waals surface area contributed by atoms with Crippen LogP contribution in [0.15, 0.2) is 30.5 Å². The molecule has 2 aromatic rings. The van der Waals surface area contributed by atoms with Crippen molar-refractivity contribution in [2.75, 3.05) is 31.3 Å². The predicted molar refractivity (Wildman–Crippen MR) is 96.6 cm³/mol. The molecule has 2 heterocycles. The van der Waals surface area contributed by atoms with Crippen LogP contribution in [0.2, 0.25) is 0 Å². The van der Waals surface area contributed by atoms with Crippen LogP contribution in [0.25, 0.3) is 0 Å². The van der Waals surface area contributed by atoms with Gasteiger partial charge >= 0.3 is 0 Å². The minimum absolute atomic E-state index is 0.0722. The maximum atomic E-state index is 11.3. The monoisotopic (exact) mass is 343 g/mol. The molecular formula is C19H25N3O3. The summed E-state index contributed by atoms with van der Waals surface area (Å²) in [5.74, 6) is 1.70. The standard InChI is InChI=1S/C19H25N3O3/c1-14(2)22-19(7-8-20-22)21-9-10-24-12-16(21)13-25-18-6-4-5-15(3)17(18)11-23/h4-8,11,14,16H,9-10,12-13H2,1-3H3/t16-/m0/s1. The Hall–Kier alpha value is -2.34. The molecule has 0 N–H and O–H groups in total. The van der Waals surface area contributed by atoms with E-state index in [9.17, 15) is 4.79 Å². The van der Waals surface area contributed by atoms with E-state index in [4.69, 9.17) is 9.47 Å². The van der Waals surface area contributed by atoms with Crippen molar-refractivity contribution in [3.05, 3.63) is 41.6 Å². The van der Waals surface area contributed by atoms with Gasteiger partial charge in [0.1, 0.15) is 18.2 Å². The lowest BCUT2D eigenvalue weighted by Crippen LogP contribution is -2.49. The molecule has 0 saturated carbocycles. The lowest BCUT2D eigenvalue weighted by Gasteiger charge is -2.37. The number of carbonyl (C=O) groups is 1. The highest BCUT2D eigenvalue weighted by Gasteiger charge is 2.27. The van der Waals surface area contributed by atoms with Crippen molar-refractivity contribution in [2.45, 2.75) is 32.9 Å². The van der Waals surface area contributed by atoms with Gasteiger partial charge in [0, 0.05) is 18.7 Å². The summed E-state index contributed by atoms with van der Waals surface area (Å²) in [7, 11) is 0. The fraction of sp³-hybridized carbons (Fsp3) is 0.474. The van der Waals surface area contributed by atoms with Gasteiger partial charge in [0.2, 0.25) is 0 Å². The molecule has 0 unspecified atom stereocenters. The van der Waals surface area contributed by atoms with Crippen molar-refractivity contribution in [2.24, 2.45) is 0 Å². The topological polar surface area (TPSA) is 56.6 Å². The molecule has 1 aromatic heterocycles. The quantitative estimate of drug-likeness (QED) is 0.755. The maximum absolute atomic E-state index is 11.3. The Kier molecular flexibility index (Phi) is 5.38. The molecule has 1 atom stereocenters. The molecule has 0 amide bonds. The summed E-state index contributed by atoms with van der Waals surface area (Å²) in [4.78, 5) is 13.6. The number of ether oxygens (including phenoxy) is 2. The zero-order valence-electron chi connectivity index (χ0n) is 15.0. The third-order valence-electron chi connectivity index (χ3n) is 4.49. The van der Waals surface area contributed by atoms with Crippen LogP contribution < -0.4 is 9.64 Å². The molecule has 0 bridgehead atoms. The summed E-state index contributed by atoms with van der Waals surface area (Å²) in [6, 6.07) is 8.04. The van der Waals surface area contributed by atoms with Crippen molar-refractivity contribution < 1.29 is 14.3 Å². The van der Waals surface area contributed by atoms with Gasteiger partial charge in [0.05, 0.1) is 31.0 Å². The summed E-state index contributed by atoms with van der Waals surface area (Å²) < 4.78 is 13.7. The van der Waals surface area contributed by atoms with E-state index in [1.54, 1.807) is 0 Å². The average Bonchev–Trinajstić information content (AvgIpc) is 3.10. The molecule has 1 aromatic carbocycles. The lowest BCUT2D eigenvalue weighted by molar-refractivity contribution is 0.0756. The highest BCUT2D eigenvalue weighted by Crippen LogP contribution is 2.25. The summed E-state index contributed by atoms with van der Waals surface area (Å²) in [6.07, 6.45) is 2.68. The summed E-state index contributed by atoms with van der Waals surface area (Å²) >= 11 is 0. The van der Waals surface area contributed by atoms with E-state index in [0.717, 1.165) is 24.2 Å². The van der Waals surface area contributed by atoms with Gasteiger partial charge in [-0.2, -0.15) is 5.10 Å². The first-order valence-corrected chi connectivity index (χ1v) is 8.67. The molecule has 0 spiro atoms. The van der Waals surface area contributed by atoms with Crippen LogP contribution in [-0.4, -0.2) is 48.5 Å². The van der Waals surface area contributed by atoms with Gasteiger partial charge in [0.15, 0.2) is 6.29 Å². The van der Waals surface area contributed by atoms with Crippen molar-refractivity contribution in [1.29, 1.82) is 0 Å². The molecule has 3 rings (SSSR count). The van der Waals surface area contributed by atoms with Crippen LogP contribution in [0, 0.1) is 6.92 Å². The van der Waals surface area contributed by atoms with Gasteiger partial charge in [-0.1, -0.05) is 12.1 Å². The number of rotatable bonds is 6. The van der Waals surface area contributed by atoms with Crippen molar-refractivity contribution >= 4 is 12.1 Å². The van der Waals surface area contributed by atoms with Gasteiger partial charge < -0.3 is 14.4 Å². The first kappa shape index (κ1) is 17.5. The first-order chi connectivity index (χ1) is 12.1. The number of benzene rings is 1. The number of aldehydes is 1. The second kappa shape index (κ2) is 7.70. The Morgan fingerprint density at radius 3 is 3.00 bits per heavy atom. The summed E-state index contributed by atoms with van der Waals surface area (Å²) in [5, 5.41) is 4.43. The average molecular weight is 343 g/mol.